The molecular weight excluding hydrogens is 320 g/mol. The number of quaternary nitrogens is 1. The van der Waals surface area contributed by atoms with Gasteiger partial charge < -0.3 is 37.3 Å². The first-order valence-corrected chi connectivity index (χ1v) is 7.71. The van der Waals surface area contributed by atoms with Gasteiger partial charge in [0.1, 0.15) is 12.6 Å². The number of hydrogen-bond donors (Lipinski definition) is 1. The van der Waals surface area contributed by atoms with Crippen LogP contribution in [0.15, 0.2) is 0 Å². The van der Waals surface area contributed by atoms with Crippen molar-refractivity contribution < 1.29 is 37.1 Å². The maximum absolute atomic E-state index is 12.8. The van der Waals surface area contributed by atoms with E-state index in [1.807, 2.05) is 0 Å². The number of ether oxygens (including phenoxy) is 3. The lowest BCUT2D eigenvalue weighted by atomic mass is 9.99. The third kappa shape index (κ3) is 3.49. The largest absolute Gasteiger partial charge is 1.00 e. The fraction of sp³-hybridized carbons (Fsp3) is 0.812. The van der Waals surface area contributed by atoms with E-state index in [0.717, 1.165) is 6.42 Å². The molecule has 1 amide bonds. The summed E-state index contributed by atoms with van der Waals surface area (Å²) in [5, 5.41) is 0. The average molecular weight is 347 g/mol. The summed E-state index contributed by atoms with van der Waals surface area (Å²) in [6, 6.07) is -0.628. The molecule has 0 spiro atoms. The van der Waals surface area contributed by atoms with Gasteiger partial charge in [0.25, 0.3) is 5.91 Å². The fourth-order valence-corrected chi connectivity index (χ4v) is 3.54. The van der Waals surface area contributed by atoms with Crippen molar-refractivity contribution in [3.63, 3.8) is 0 Å². The molecule has 0 aliphatic carbocycles. The second-order valence-corrected chi connectivity index (χ2v) is 6.53. The zero-order chi connectivity index (χ0) is 16.5. The van der Waals surface area contributed by atoms with Crippen LogP contribution in [0.1, 0.15) is 20.3 Å². The average Bonchev–Trinajstić information content (AvgIpc) is 3.04. The predicted molar refractivity (Wildman–Crippen MR) is 80.4 cm³/mol. The maximum atomic E-state index is 12.8. The van der Waals surface area contributed by atoms with E-state index in [9.17, 15) is 4.79 Å². The van der Waals surface area contributed by atoms with Gasteiger partial charge in [-0.25, -0.2) is 0 Å². The Morgan fingerprint density at radius 1 is 1.48 bits per heavy atom. The quantitative estimate of drug-likeness (QED) is 0.414. The molecule has 2 saturated heterocycles. The third-order valence-electron chi connectivity index (χ3n) is 4.66. The molecule has 6 nitrogen and oxygen atoms in total. The van der Waals surface area contributed by atoms with Crippen LogP contribution in [0.25, 0.3) is 0 Å². The summed E-state index contributed by atoms with van der Waals surface area (Å²) < 4.78 is 16.9. The van der Waals surface area contributed by atoms with Crippen LogP contribution in [-0.4, -0.2) is 62.2 Å². The van der Waals surface area contributed by atoms with Crippen molar-refractivity contribution in [2.75, 3.05) is 27.4 Å². The van der Waals surface area contributed by atoms with Gasteiger partial charge in [-0.05, 0) is 5.92 Å². The molecule has 7 heteroatoms. The van der Waals surface area contributed by atoms with Crippen LogP contribution >= 0.6 is 0 Å². The molecule has 0 radical (unpaired) electrons. The van der Waals surface area contributed by atoms with Crippen molar-refractivity contribution in [1.82, 2.24) is 4.90 Å². The standard InChI is InChI=1S/C16H26N2O4.ClH/c1-6-11-8-18(15(19)12(17)7-10(2)3)14-13(11)22-9-16(14,20-4)21-5;/h1,10-14H,7-9,17H2,2-5H3;1H/t11-,12+,13-,14+;/m1./s1. The summed E-state index contributed by atoms with van der Waals surface area (Å²) in [5.41, 5.74) is 4.02. The van der Waals surface area contributed by atoms with Gasteiger partial charge in [0.05, 0.1) is 12.0 Å². The van der Waals surface area contributed by atoms with E-state index in [2.05, 4.69) is 25.5 Å². The van der Waals surface area contributed by atoms with Gasteiger partial charge in [0, 0.05) is 27.2 Å². The van der Waals surface area contributed by atoms with Gasteiger partial charge in [0.15, 0.2) is 6.04 Å². The van der Waals surface area contributed by atoms with Gasteiger partial charge in [-0.1, -0.05) is 19.8 Å². The Morgan fingerprint density at radius 3 is 2.57 bits per heavy atom. The molecule has 0 aromatic heterocycles. The highest BCUT2D eigenvalue weighted by molar-refractivity contribution is 5.81. The number of carbonyl (C=O) groups excluding carboxylic acids is 1. The predicted octanol–water partition coefficient (Wildman–Crippen LogP) is -3.50. The molecule has 2 aliphatic rings. The van der Waals surface area contributed by atoms with Crippen LogP contribution in [0.3, 0.4) is 0 Å². The highest BCUT2D eigenvalue weighted by atomic mass is 35.5. The maximum Gasteiger partial charge on any atom is 0.281 e. The molecule has 2 aliphatic heterocycles. The van der Waals surface area contributed by atoms with Gasteiger partial charge in [0.2, 0.25) is 5.79 Å². The second kappa shape index (κ2) is 7.82. The molecule has 4 atom stereocenters. The summed E-state index contributed by atoms with van der Waals surface area (Å²) in [6.45, 7) is 4.89. The molecule has 2 heterocycles. The van der Waals surface area contributed by atoms with Gasteiger partial charge >= 0.3 is 0 Å². The topological polar surface area (TPSA) is 75.6 Å². The lowest BCUT2D eigenvalue weighted by Gasteiger charge is -2.36. The Hall–Kier alpha value is -0.840. The van der Waals surface area contributed by atoms with Crippen molar-refractivity contribution in [3.05, 3.63) is 0 Å². The monoisotopic (exact) mass is 346 g/mol. The van der Waals surface area contributed by atoms with Crippen molar-refractivity contribution in [1.29, 1.82) is 0 Å². The first-order valence-electron chi connectivity index (χ1n) is 7.71. The minimum absolute atomic E-state index is 0. The summed E-state index contributed by atoms with van der Waals surface area (Å²) in [6.07, 6.45) is 6.10. The number of likely N-dealkylation sites (tertiary alicyclic amines) is 1. The van der Waals surface area contributed by atoms with Gasteiger partial charge in [-0.2, -0.15) is 0 Å². The lowest BCUT2D eigenvalue weighted by molar-refractivity contribution is -0.409. The van der Waals surface area contributed by atoms with Crippen LogP contribution in [-0.2, 0) is 19.0 Å². The zero-order valence-electron chi connectivity index (χ0n) is 14.3. The number of amides is 1. The molecule has 0 aromatic carbocycles. The number of fused-ring (bicyclic) bond motifs is 1. The number of methoxy groups -OCH3 is 2. The van der Waals surface area contributed by atoms with Crippen molar-refractivity contribution in [2.45, 2.75) is 44.2 Å². The Morgan fingerprint density at radius 2 is 2.09 bits per heavy atom. The first kappa shape index (κ1) is 20.2. The van der Waals surface area contributed by atoms with Crippen LogP contribution in [0.5, 0.6) is 0 Å². The van der Waals surface area contributed by atoms with Crippen LogP contribution < -0.4 is 18.1 Å². The molecule has 0 saturated carbocycles. The minimum atomic E-state index is -0.955. The van der Waals surface area contributed by atoms with Crippen molar-refractivity contribution in [3.8, 4) is 12.3 Å². The van der Waals surface area contributed by atoms with E-state index in [1.165, 1.54) is 0 Å². The van der Waals surface area contributed by atoms with E-state index in [4.69, 9.17) is 20.6 Å². The third-order valence-corrected chi connectivity index (χ3v) is 4.66. The molecule has 0 aromatic rings. The minimum Gasteiger partial charge on any atom is -1.00 e. The van der Waals surface area contributed by atoms with Crippen molar-refractivity contribution in [2.24, 2.45) is 11.8 Å². The van der Waals surface area contributed by atoms with E-state index < -0.39 is 5.79 Å². The van der Waals surface area contributed by atoms with E-state index in [0.29, 0.717) is 12.5 Å². The smallest absolute Gasteiger partial charge is 0.281 e. The van der Waals surface area contributed by atoms with Crippen LogP contribution in [0.2, 0.25) is 0 Å². The first-order chi connectivity index (χ1) is 10.4. The van der Waals surface area contributed by atoms with E-state index in [-0.39, 0.29) is 49.0 Å². The van der Waals surface area contributed by atoms with Crippen LogP contribution in [0, 0.1) is 24.2 Å². The molecule has 0 unspecified atom stereocenters. The Balaban J connectivity index is 0.00000264. The molecule has 2 fully saturated rings. The fourth-order valence-electron chi connectivity index (χ4n) is 3.54. The molecule has 3 N–H and O–H groups in total. The van der Waals surface area contributed by atoms with E-state index >= 15 is 0 Å². The highest BCUT2D eigenvalue weighted by Crippen LogP contribution is 2.41. The summed E-state index contributed by atoms with van der Waals surface area (Å²) in [7, 11) is 3.13. The highest BCUT2D eigenvalue weighted by Gasteiger charge is 2.61. The number of hydrogen-bond acceptors (Lipinski definition) is 4. The Bertz CT molecular complexity index is 461. The van der Waals surface area contributed by atoms with Gasteiger partial charge in [-0.3, -0.25) is 4.79 Å². The van der Waals surface area contributed by atoms with Crippen molar-refractivity contribution >= 4 is 5.91 Å². The number of halogens is 1. The molecule has 132 valence electrons. The SMILES string of the molecule is C#C[C@@H]1CN(C(=O)[C@@H]([NH3+])CC(C)C)[C@H]2[C@@H]1OCC2(OC)OC.[Cl-]. The zero-order valence-corrected chi connectivity index (χ0v) is 15.0. The lowest BCUT2D eigenvalue weighted by Crippen LogP contribution is -3.00. The molecular formula is C16H27ClN2O4. The number of rotatable bonds is 5. The summed E-state index contributed by atoms with van der Waals surface area (Å²) >= 11 is 0. The number of carbonyl (C=O) groups is 1. The summed E-state index contributed by atoms with van der Waals surface area (Å²) in [4.78, 5) is 14.6. The molecule has 2 rings (SSSR count). The Kier molecular flexibility index (Phi) is 6.87. The Labute approximate surface area is 144 Å². The van der Waals surface area contributed by atoms with Gasteiger partial charge in [-0.15, -0.1) is 6.42 Å². The normalized spacial score (nSPS) is 29.8. The molecule has 0 bridgehead atoms. The van der Waals surface area contributed by atoms with E-state index in [1.54, 1.807) is 19.1 Å². The molecule has 23 heavy (non-hydrogen) atoms. The second-order valence-electron chi connectivity index (χ2n) is 6.53. The number of terminal acetylenes is 1. The van der Waals surface area contributed by atoms with Crippen LogP contribution in [0.4, 0.5) is 0 Å². The number of nitrogens with zero attached hydrogens (tertiary/aromatic N) is 1. The summed E-state index contributed by atoms with van der Waals surface area (Å²) in [5.74, 6) is 2.03.